The molecule has 6 nitrogen and oxygen atoms in total. The fourth-order valence-corrected chi connectivity index (χ4v) is 4.32. The van der Waals surface area contributed by atoms with Crippen LogP contribution in [-0.4, -0.2) is 33.4 Å². The zero-order valence-electron chi connectivity index (χ0n) is 18.6. The molecule has 0 saturated carbocycles. The van der Waals surface area contributed by atoms with Crippen LogP contribution in [0.4, 0.5) is 0 Å². The highest BCUT2D eigenvalue weighted by Crippen LogP contribution is 2.35. The van der Waals surface area contributed by atoms with E-state index in [0.717, 1.165) is 17.7 Å². The van der Waals surface area contributed by atoms with Crippen LogP contribution in [0.15, 0.2) is 59.2 Å². The summed E-state index contributed by atoms with van der Waals surface area (Å²) in [6.45, 7) is 7.17. The van der Waals surface area contributed by atoms with Crippen molar-refractivity contribution in [1.82, 2.24) is 14.8 Å². The Labute approximate surface area is 193 Å². The molecule has 3 aromatic rings. The molecule has 1 aliphatic rings. The van der Waals surface area contributed by atoms with Crippen LogP contribution in [-0.2, 0) is 17.9 Å². The first kappa shape index (κ1) is 22.2. The van der Waals surface area contributed by atoms with E-state index in [4.69, 9.17) is 16.0 Å². The number of carbonyl (C=O) groups excluding carboxylic acids is 2. The lowest BCUT2D eigenvalue weighted by Gasteiger charge is -2.44. The van der Waals surface area contributed by atoms with Gasteiger partial charge in [-0.3, -0.25) is 9.59 Å². The number of benzene rings is 1. The molecular formula is C25H28ClN3O3. The monoisotopic (exact) mass is 453 g/mol. The summed E-state index contributed by atoms with van der Waals surface area (Å²) >= 11 is 6.40. The van der Waals surface area contributed by atoms with Crippen molar-refractivity contribution in [3.63, 3.8) is 0 Å². The molecule has 32 heavy (non-hydrogen) atoms. The topological polar surface area (TPSA) is 67.5 Å². The number of furan rings is 1. The number of aromatic nitrogens is 1. The molecule has 4 rings (SSSR count). The van der Waals surface area contributed by atoms with Gasteiger partial charge in [-0.2, -0.15) is 0 Å². The normalized spacial score (nSPS) is 18.2. The van der Waals surface area contributed by atoms with Crippen molar-refractivity contribution >= 4 is 23.4 Å². The van der Waals surface area contributed by atoms with Crippen LogP contribution in [0.25, 0.3) is 11.5 Å². The summed E-state index contributed by atoms with van der Waals surface area (Å²) in [5.41, 5.74) is 1.00. The van der Waals surface area contributed by atoms with Gasteiger partial charge in [0.05, 0.1) is 18.5 Å². The summed E-state index contributed by atoms with van der Waals surface area (Å²) < 4.78 is 7.45. The molecule has 0 aliphatic carbocycles. The number of fused-ring (bicyclic) bond motifs is 1. The highest BCUT2D eigenvalue weighted by molar-refractivity contribution is 6.31. The average molecular weight is 454 g/mol. The lowest BCUT2D eigenvalue weighted by atomic mass is 9.93. The Morgan fingerprint density at radius 2 is 1.91 bits per heavy atom. The number of carbonyl (C=O) groups is 2. The van der Waals surface area contributed by atoms with Crippen molar-refractivity contribution in [2.45, 2.75) is 45.8 Å². The molecule has 1 atom stereocenters. The zero-order chi connectivity index (χ0) is 22.9. The third kappa shape index (κ3) is 4.07. The highest BCUT2D eigenvalue weighted by Gasteiger charge is 2.48. The van der Waals surface area contributed by atoms with Gasteiger partial charge in [-0.1, -0.05) is 43.6 Å². The molecule has 0 saturated heterocycles. The number of nitrogens with one attached hydrogen (secondary N) is 1. The van der Waals surface area contributed by atoms with E-state index in [-0.39, 0.29) is 18.4 Å². The van der Waals surface area contributed by atoms with E-state index >= 15 is 0 Å². The molecule has 7 heteroatoms. The van der Waals surface area contributed by atoms with Crippen molar-refractivity contribution in [3.8, 4) is 11.5 Å². The molecule has 2 amide bonds. The second kappa shape index (κ2) is 8.87. The van der Waals surface area contributed by atoms with Gasteiger partial charge in [0, 0.05) is 18.1 Å². The Kier molecular flexibility index (Phi) is 6.15. The molecule has 0 bridgehead atoms. The molecule has 1 aliphatic heterocycles. The summed E-state index contributed by atoms with van der Waals surface area (Å²) in [5.74, 6) is 0.738. The Hall–Kier alpha value is -2.99. The summed E-state index contributed by atoms with van der Waals surface area (Å²) in [4.78, 5) is 28.8. The third-order valence-electron chi connectivity index (χ3n) is 6.06. The van der Waals surface area contributed by atoms with E-state index in [1.807, 2.05) is 47.9 Å². The first-order chi connectivity index (χ1) is 15.3. The lowest BCUT2D eigenvalue weighted by Crippen LogP contribution is -2.63. The van der Waals surface area contributed by atoms with Gasteiger partial charge in [-0.25, -0.2) is 0 Å². The Balaban J connectivity index is 1.73. The lowest BCUT2D eigenvalue weighted by molar-refractivity contribution is -0.133. The maximum Gasteiger partial charge on any atom is 0.271 e. The SMILES string of the molecule is CC(C)CCNC(=O)C1(C)Cn2c(ccc2-c2ccco2)C(=O)N1Cc1ccccc1Cl. The minimum absolute atomic E-state index is 0.178. The Bertz CT molecular complexity index is 1120. The standard InChI is InChI=1S/C25H28ClN3O3/c1-17(2)12-13-27-24(31)25(3)16-28-20(22-9-6-14-32-22)10-11-21(28)23(30)29(25)15-18-7-4-5-8-19(18)26/h4-11,14,17H,12-13,15-16H2,1-3H3,(H,27,31). The van der Waals surface area contributed by atoms with Crippen LogP contribution in [0, 0.1) is 5.92 Å². The summed E-state index contributed by atoms with van der Waals surface area (Å²) in [6.07, 6.45) is 2.47. The van der Waals surface area contributed by atoms with Crippen LogP contribution >= 0.6 is 11.6 Å². The fourth-order valence-electron chi connectivity index (χ4n) is 4.12. The number of nitrogens with zero attached hydrogens (tertiary/aromatic N) is 2. The quantitative estimate of drug-likeness (QED) is 0.548. The molecule has 1 unspecified atom stereocenters. The van der Waals surface area contributed by atoms with Gasteiger partial charge in [0.2, 0.25) is 5.91 Å². The summed E-state index contributed by atoms with van der Waals surface area (Å²) in [6, 6.07) is 14.7. The molecule has 0 fully saturated rings. The van der Waals surface area contributed by atoms with Gasteiger partial charge in [-0.05, 0) is 55.2 Å². The number of amides is 2. The Morgan fingerprint density at radius 1 is 1.16 bits per heavy atom. The molecule has 1 N–H and O–H groups in total. The van der Waals surface area contributed by atoms with E-state index in [1.54, 1.807) is 23.3 Å². The maximum atomic E-state index is 13.7. The predicted octanol–water partition coefficient (Wildman–Crippen LogP) is 4.98. The van der Waals surface area contributed by atoms with Crippen molar-refractivity contribution in [3.05, 3.63) is 71.1 Å². The third-order valence-corrected chi connectivity index (χ3v) is 6.43. The minimum atomic E-state index is -1.10. The second-order valence-corrected chi connectivity index (χ2v) is 9.27. The van der Waals surface area contributed by atoms with Gasteiger partial charge in [0.25, 0.3) is 5.91 Å². The van der Waals surface area contributed by atoms with E-state index in [1.165, 1.54) is 0 Å². The largest absolute Gasteiger partial charge is 0.463 e. The molecule has 1 aromatic carbocycles. The number of rotatable bonds is 7. The molecule has 0 radical (unpaired) electrons. The van der Waals surface area contributed by atoms with Crippen molar-refractivity contribution in [2.24, 2.45) is 5.92 Å². The predicted molar refractivity (Wildman–Crippen MR) is 124 cm³/mol. The maximum absolute atomic E-state index is 13.7. The fraction of sp³-hybridized carbons (Fsp3) is 0.360. The van der Waals surface area contributed by atoms with Gasteiger partial charge in [-0.15, -0.1) is 0 Å². The van der Waals surface area contributed by atoms with Crippen LogP contribution in [0.3, 0.4) is 0 Å². The minimum Gasteiger partial charge on any atom is -0.463 e. The molecular weight excluding hydrogens is 426 g/mol. The van der Waals surface area contributed by atoms with Crippen LogP contribution < -0.4 is 5.32 Å². The van der Waals surface area contributed by atoms with Crippen molar-refractivity contribution in [1.29, 1.82) is 0 Å². The molecule has 3 heterocycles. The molecule has 2 aromatic heterocycles. The molecule has 168 valence electrons. The van der Waals surface area contributed by atoms with E-state index < -0.39 is 5.54 Å². The van der Waals surface area contributed by atoms with Crippen LogP contribution in [0.1, 0.15) is 43.2 Å². The average Bonchev–Trinajstić information content (AvgIpc) is 3.41. The second-order valence-electron chi connectivity index (χ2n) is 8.86. The smallest absolute Gasteiger partial charge is 0.271 e. The zero-order valence-corrected chi connectivity index (χ0v) is 19.4. The highest BCUT2D eigenvalue weighted by atomic mass is 35.5. The number of hydrogen-bond donors (Lipinski definition) is 1. The van der Waals surface area contributed by atoms with Crippen LogP contribution in [0.5, 0.6) is 0 Å². The summed E-state index contributed by atoms with van der Waals surface area (Å²) in [7, 11) is 0. The molecule has 0 spiro atoms. The first-order valence-corrected chi connectivity index (χ1v) is 11.3. The Morgan fingerprint density at radius 3 is 2.59 bits per heavy atom. The van der Waals surface area contributed by atoms with E-state index in [0.29, 0.717) is 35.5 Å². The van der Waals surface area contributed by atoms with Gasteiger partial charge < -0.3 is 19.2 Å². The number of halogens is 1. The van der Waals surface area contributed by atoms with Gasteiger partial charge in [0.15, 0.2) is 0 Å². The summed E-state index contributed by atoms with van der Waals surface area (Å²) in [5, 5.41) is 3.62. The number of hydrogen-bond acceptors (Lipinski definition) is 3. The van der Waals surface area contributed by atoms with Crippen LogP contribution in [0.2, 0.25) is 5.02 Å². The van der Waals surface area contributed by atoms with Gasteiger partial charge in [0.1, 0.15) is 17.0 Å². The van der Waals surface area contributed by atoms with E-state index in [2.05, 4.69) is 19.2 Å². The van der Waals surface area contributed by atoms with Crippen molar-refractivity contribution in [2.75, 3.05) is 6.54 Å². The first-order valence-electron chi connectivity index (χ1n) is 10.9. The van der Waals surface area contributed by atoms with Gasteiger partial charge >= 0.3 is 0 Å². The van der Waals surface area contributed by atoms with Crippen molar-refractivity contribution < 1.29 is 14.0 Å². The van der Waals surface area contributed by atoms with E-state index in [9.17, 15) is 9.59 Å².